The molecule has 0 spiro atoms. The van der Waals surface area contributed by atoms with E-state index in [1.807, 2.05) is 24.3 Å². The second-order valence-corrected chi connectivity index (χ2v) is 5.77. The fourth-order valence-electron chi connectivity index (χ4n) is 2.18. The van der Waals surface area contributed by atoms with Crippen LogP contribution in [0.15, 0.2) is 36.5 Å². The summed E-state index contributed by atoms with van der Waals surface area (Å²) in [6.45, 7) is 5.42. The van der Waals surface area contributed by atoms with Crippen molar-refractivity contribution in [1.29, 1.82) is 0 Å². The highest BCUT2D eigenvalue weighted by molar-refractivity contribution is 6.05. The number of hydrogen-bond acceptors (Lipinski definition) is 3. The molecule has 1 heterocycles. The molecule has 0 bridgehead atoms. The maximum Gasteiger partial charge on any atom is 0.253 e. The number of nitrogens with one attached hydrogen (secondary N) is 1. The maximum absolute atomic E-state index is 12.3. The lowest BCUT2D eigenvalue weighted by Crippen LogP contribution is -2.35. The lowest BCUT2D eigenvalue weighted by atomic mass is 9.89. The average Bonchev–Trinajstić information content (AvgIpc) is 2.44. The third-order valence-electron chi connectivity index (χ3n) is 3.43. The Morgan fingerprint density at radius 3 is 2.80 bits per heavy atom. The van der Waals surface area contributed by atoms with Gasteiger partial charge in [-0.05, 0) is 30.5 Å². The summed E-state index contributed by atoms with van der Waals surface area (Å²) in [4.78, 5) is 16.6. The van der Waals surface area contributed by atoms with Crippen LogP contribution in [0.2, 0.25) is 0 Å². The predicted molar refractivity (Wildman–Crippen MR) is 81.5 cm³/mol. The number of amides is 1. The number of pyridine rings is 1. The van der Waals surface area contributed by atoms with Gasteiger partial charge in [-0.25, -0.2) is 0 Å². The summed E-state index contributed by atoms with van der Waals surface area (Å²) in [6, 6.07) is 9.47. The van der Waals surface area contributed by atoms with Crippen LogP contribution in [-0.4, -0.2) is 24.0 Å². The summed E-state index contributed by atoms with van der Waals surface area (Å²) in [5.74, 6) is -0.0839. The Balaban J connectivity index is 2.16. The Hall–Kier alpha value is -1.94. The van der Waals surface area contributed by atoms with Crippen LogP contribution in [0.5, 0.6) is 0 Å². The van der Waals surface area contributed by atoms with E-state index in [9.17, 15) is 4.79 Å². The molecule has 1 aromatic heterocycles. The summed E-state index contributed by atoms with van der Waals surface area (Å²) >= 11 is 0. The van der Waals surface area contributed by atoms with Crippen LogP contribution in [-0.2, 0) is 0 Å². The first-order valence-electron chi connectivity index (χ1n) is 6.85. The Labute approximate surface area is 119 Å². The van der Waals surface area contributed by atoms with E-state index in [0.29, 0.717) is 18.7 Å². The van der Waals surface area contributed by atoms with E-state index in [1.54, 1.807) is 12.3 Å². The topological polar surface area (TPSA) is 68.0 Å². The van der Waals surface area contributed by atoms with Crippen molar-refractivity contribution in [3.8, 4) is 0 Å². The molecule has 0 fully saturated rings. The van der Waals surface area contributed by atoms with Crippen molar-refractivity contribution in [2.75, 3.05) is 13.1 Å². The Morgan fingerprint density at radius 1 is 1.30 bits per heavy atom. The molecule has 4 heteroatoms. The summed E-state index contributed by atoms with van der Waals surface area (Å²) in [5.41, 5.74) is 6.94. The second kappa shape index (κ2) is 6.01. The van der Waals surface area contributed by atoms with Gasteiger partial charge < -0.3 is 11.1 Å². The van der Waals surface area contributed by atoms with Gasteiger partial charge in [0, 0.05) is 18.1 Å². The standard InChI is InChI=1S/C16H21N3O/c1-16(2,8-9-17)11-19-15(20)13-7-3-5-12-6-4-10-18-14(12)13/h3-7,10H,8-9,11,17H2,1-2H3,(H,19,20). The normalized spacial score (nSPS) is 11.6. The molecule has 0 aliphatic carbocycles. The van der Waals surface area contributed by atoms with Gasteiger partial charge in [0.2, 0.25) is 0 Å². The summed E-state index contributed by atoms with van der Waals surface area (Å²) in [5, 5.41) is 3.96. The van der Waals surface area contributed by atoms with Crippen LogP contribution in [0.3, 0.4) is 0 Å². The number of carbonyl (C=O) groups is 1. The summed E-state index contributed by atoms with van der Waals surface area (Å²) in [7, 11) is 0. The Morgan fingerprint density at radius 2 is 2.05 bits per heavy atom. The Bertz CT molecular complexity index is 602. The average molecular weight is 271 g/mol. The molecule has 3 N–H and O–H groups in total. The third kappa shape index (κ3) is 3.33. The highest BCUT2D eigenvalue weighted by atomic mass is 16.1. The van der Waals surface area contributed by atoms with Crippen molar-refractivity contribution in [2.24, 2.45) is 11.1 Å². The van der Waals surface area contributed by atoms with Crippen molar-refractivity contribution in [3.63, 3.8) is 0 Å². The first-order valence-corrected chi connectivity index (χ1v) is 6.85. The van der Waals surface area contributed by atoms with Crippen LogP contribution in [0, 0.1) is 5.41 Å². The van der Waals surface area contributed by atoms with Crippen LogP contribution in [0.1, 0.15) is 30.6 Å². The van der Waals surface area contributed by atoms with Crippen molar-refractivity contribution in [1.82, 2.24) is 10.3 Å². The molecule has 2 aromatic rings. The minimum Gasteiger partial charge on any atom is -0.351 e. The minimum atomic E-state index is -0.0839. The van der Waals surface area contributed by atoms with Crippen molar-refractivity contribution >= 4 is 16.8 Å². The highest BCUT2D eigenvalue weighted by Gasteiger charge is 2.19. The van der Waals surface area contributed by atoms with E-state index in [2.05, 4.69) is 24.1 Å². The van der Waals surface area contributed by atoms with E-state index in [0.717, 1.165) is 17.3 Å². The quantitative estimate of drug-likeness (QED) is 0.877. The fourth-order valence-corrected chi connectivity index (χ4v) is 2.18. The van der Waals surface area contributed by atoms with Crippen LogP contribution in [0.4, 0.5) is 0 Å². The zero-order valence-electron chi connectivity index (χ0n) is 12.0. The van der Waals surface area contributed by atoms with Crippen LogP contribution >= 0.6 is 0 Å². The van der Waals surface area contributed by atoms with Gasteiger partial charge >= 0.3 is 0 Å². The van der Waals surface area contributed by atoms with Gasteiger partial charge in [0.25, 0.3) is 5.91 Å². The molecule has 0 atom stereocenters. The SMILES string of the molecule is CC(C)(CCN)CNC(=O)c1cccc2cccnc12. The zero-order valence-corrected chi connectivity index (χ0v) is 12.0. The largest absolute Gasteiger partial charge is 0.351 e. The molecule has 0 aliphatic rings. The first kappa shape index (κ1) is 14.5. The lowest BCUT2D eigenvalue weighted by molar-refractivity contribution is 0.0936. The number of nitrogens with zero attached hydrogens (tertiary/aromatic N) is 1. The predicted octanol–water partition coefficient (Wildman–Crippen LogP) is 2.34. The number of benzene rings is 1. The minimum absolute atomic E-state index is 0.00240. The van der Waals surface area contributed by atoms with Gasteiger partial charge in [-0.15, -0.1) is 0 Å². The molecule has 1 amide bonds. The summed E-state index contributed by atoms with van der Waals surface area (Å²) < 4.78 is 0. The zero-order chi connectivity index (χ0) is 14.6. The van der Waals surface area contributed by atoms with Gasteiger partial charge in [-0.3, -0.25) is 9.78 Å². The number of nitrogens with two attached hydrogens (primary N) is 1. The van der Waals surface area contributed by atoms with E-state index in [4.69, 9.17) is 5.73 Å². The number of aromatic nitrogens is 1. The summed E-state index contributed by atoms with van der Waals surface area (Å²) in [6.07, 6.45) is 2.58. The van der Waals surface area contributed by atoms with Crippen LogP contribution in [0.25, 0.3) is 10.9 Å². The van der Waals surface area contributed by atoms with E-state index in [-0.39, 0.29) is 11.3 Å². The third-order valence-corrected chi connectivity index (χ3v) is 3.43. The number of fused-ring (bicyclic) bond motifs is 1. The number of hydrogen-bond donors (Lipinski definition) is 2. The van der Waals surface area contributed by atoms with Gasteiger partial charge in [-0.2, -0.15) is 0 Å². The number of para-hydroxylation sites is 1. The molecule has 106 valence electrons. The number of carbonyl (C=O) groups excluding carboxylic acids is 1. The second-order valence-electron chi connectivity index (χ2n) is 5.77. The molecule has 0 saturated heterocycles. The molecule has 0 radical (unpaired) electrons. The first-order chi connectivity index (χ1) is 9.53. The molecule has 2 rings (SSSR count). The highest BCUT2D eigenvalue weighted by Crippen LogP contribution is 2.19. The smallest absolute Gasteiger partial charge is 0.253 e. The van der Waals surface area contributed by atoms with Crippen molar-refractivity contribution in [2.45, 2.75) is 20.3 Å². The molecule has 0 aliphatic heterocycles. The molecule has 0 unspecified atom stereocenters. The monoisotopic (exact) mass is 271 g/mol. The Kier molecular flexibility index (Phi) is 4.35. The molecule has 4 nitrogen and oxygen atoms in total. The van der Waals surface area contributed by atoms with Crippen molar-refractivity contribution < 1.29 is 4.79 Å². The van der Waals surface area contributed by atoms with E-state index >= 15 is 0 Å². The molecular weight excluding hydrogens is 250 g/mol. The molecular formula is C16H21N3O. The van der Waals surface area contributed by atoms with E-state index in [1.165, 1.54) is 0 Å². The fraction of sp³-hybridized carbons (Fsp3) is 0.375. The van der Waals surface area contributed by atoms with Crippen LogP contribution < -0.4 is 11.1 Å². The van der Waals surface area contributed by atoms with E-state index < -0.39 is 0 Å². The molecule has 0 saturated carbocycles. The molecule has 1 aromatic carbocycles. The van der Waals surface area contributed by atoms with Gasteiger partial charge in [0.15, 0.2) is 0 Å². The van der Waals surface area contributed by atoms with Gasteiger partial charge in [0.1, 0.15) is 0 Å². The van der Waals surface area contributed by atoms with Gasteiger partial charge in [0.05, 0.1) is 11.1 Å². The van der Waals surface area contributed by atoms with Gasteiger partial charge in [-0.1, -0.05) is 32.0 Å². The molecule has 20 heavy (non-hydrogen) atoms. The lowest BCUT2D eigenvalue weighted by Gasteiger charge is -2.24. The maximum atomic E-state index is 12.3. The number of rotatable bonds is 5. The van der Waals surface area contributed by atoms with Crippen molar-refractivity contribution in [3.05, 3.63) is 42.1 Å².